The average Bonchev–Trinajstić information content (AvgIpc) is 2.97. The van der Waals surface area contributed by atoms with Crippen molar-refractivity contribution in [3.63, 3.8) is 0 Å². The second-order valence-corrected chi connectivity index (χ2v) is 5.78. The van der Waals surface area contributed by atoms with Gasteiger partial charge in [-0.3, -0.25) is 0 Å². The highest BCUT2D eigenvalue weighted by Crippen LogP contribution is 2.35. The van der Waals surface area contributed by atoms with Crippen molar-refractivity contribution in [3.8, 4) is 11.5 Å². The van der Waals surface area contributed by atoms with Gasteiger partial charge in [-0.25, -0.2) is 4.98 Å². The summed E-state index contributed by atoms with van der Waals surface area (Å²) in [6.07, 6.45) is 0. The number of benzene rings is 1. The summed E-state index contributed by atoms with van der Waals surface area (Å²) >= 11 is 1.75. The van der Waals surface area contributed by atoms with Crippen LogP contribution in [-0.2, 0) is 13.1 Å². The maximum absolute atomic E-state index is 5.49. The molecule has 0 amide bonds. The SMILES string of the molecule is Cc1nc(C)c(CNCc2cccc3c2OCO3)s1. The average molecular weight is 276 g/mol. The van der Waals surface area contributed by atoms with E-state index < -0.39 is 0 Å². The lowest BCUT2D eigenvalue weighted by Crippen LogP contribution is -2.13. The smallest absolute Gasteiger partial charge is 0.231 e. The van der Waals surface area contributed by atoms with Gasteiger partial charge in [0.05, 0.1) is 10.7 Å². The number of hydrogen-bond acceptors (Lipinski definition) is 5. The van der Waals surface area contributed by atoms with Gasteiger partial charge in [0.1, 0.15) is 0 Å². The van der Waals surface area contributed by atoms with Gasteiger partial charge in [0.15, 0.2) is 11.5 Å². The molecule has 1 aliphatic heterocycles. The summed E-state index contributed by atoms with van der Waals surface area (Å²) in [7, 11) is 0. The molecule has 5 heteroatoms. The van der Waals surface area contributed by atoms with Crippen molar-refractivity contribution in [2.24, 2.45) is 0 Å². The van der Waals surface area contributed by atoms with E-state index in [1.165, 1.54) is 4.88 Å². The van der Waals surface area contributed by atoms with Crippen LogP contribution in [-0.4, -0.2) is 11.8 Å². The summed E-state index contributed by atoms with van der Waals surface area (Å²) in [5, 5.41) is 4.55. The number of rotatable bonds is 4. The van der Waals surface area contributed by atoms with Crippen molar-refractivity contribution >= 4 is 11.3 Å². The maximum Gasteiger partial charge on any atom is 0.231 e. The Kier molecular flexibility index (Phi) is 3.40. The maximum atomic E-state index is 5.49. The van der Waals surface area contributed by atoms with Gasteiger partial charge in [-0.2, -0.15) is 0 Å². The van der Waals surface area contributed by atoms with Crippen LogP contribution in [0.4, 0.5) is 0 Å². The van der Waals surface area contributed by atoms with Crippen LogP contribution in [0.3, 0.4) is 0 Å². The van der Waals surface area contributed by atoms with E-state index in [9.17, 15) is 0 Å². The molecule has 3 rings (SSSR count). The first-order valence-electron chi connectivity index (χ1n) is 6.25. The zero-order chi connectivity index (χ0) is 13.2. The zero-order valence-electron chi connectivity index (χ0n) is 11.0. The molecule has 0 fully saturated rings. The lowest BCUT2D eigenvalue weighted by atomic mass is 10.2. The van der Waals surface area contributed by atoms with Crippen LogP contribution in [0.5, 0.6) is 11.5 Å². The first kappa shape index (κ1) is 12.4. The van der Waals surface area contributed by atoms with Crippen molar-refractivity contribution in [2.75, 3.05) is 6.79 Å². The summed E-state index contributed by atoms with van der Waals surface area (Å²) in [6.45, 7) is 6.01. The third-order valence-corrected chi connectivity index (χ3v) is 4.15. The van der Waals surface area contributed by atoms with Gasteiger partial charge >= 0.3 is 0 Å². The third-order valence-electron chi connectivity index (χ3n) is 3.08. The Bertz CT molecular complexity index is 595. The Balaban J connectivity index is 1.64. The van der Waals surface area contributed by atoms with E-state index in [1.807, 2.05) is 19.1 Å². The number of nitrogens with zero attached hydrogens (tertiary/aromatic N) is 1. The zero-order valence-corrected chi connectivity index (χ0v) is 11.8. The van der Waals surface area contributed by atoms with Gasteiger partial charge in [-0.05, 0) is 19.9 Å². The number of para-hydroxylation sites is 1. The molecule has 0 unspecified atom stereocenters. The van der Waals surface area contributed by atoms with Crippen molar-refractivity contribution < 1.29 is 9.47 Å². The van der Waals surface area contributed by atoms with E-state index in [-0.39, 0.29) is 0 Å². The van der Waals surface area contributed by atoms with Crippen LogP contribution in [0, 0.1) is 13.8 Å². The first-order chi connectivity index (χ1) is 9.24. The molecule has 0 saturated heterocycles. The van der Waals surface area contributed by atoms with E-state index in [1.54, 1.807) is 11.3 Å². The van der Waals surface area contributed by atoms with Crippen LogP contribution in [0.25, 0.3) is 0 Å². The van der Waals surface area contributed by atoms with E-state index in [2.05, 4.69) is 23.3 Å². The minimum Gasteiger partial charge on any atom is -0.454 e. The molecule has 0 aliphatic carbocycles. The summed E-state index contributed by atoms with van der Waals surface area (Å²) in [5.74, 6) is 1.70. The van der Waals surface area contributed by atoms with Crippen LogP contribution in [0.2, 0.25) is 0 Å². The minimum atomic E-state index is 0.319. The second-order valence-electron chi connectivity index (χ2n) is 4.50. The summed E-state index contributed by atoms with van der Waals surface area (Å²) in [4.78, 5) is 5.72. The molecule has 1 aliphatic rings. The number of fused-ring (bicyclic) bond motifs is 1. The number of thiazole rings is 1. The minimum absolute atomic E-state index is 0.319. The molecule has 2 aromatic rings. The fraction of sp³-hybridized carbons (Fsp3) is 0.357. The molecule has 1 aromatic heterocycles. The lowest BCUT2D eigenvalue weighted by Gasteiger charge is -2.07. The Morgan fingerprint density at radius 3 is 2.95 bits per heavy atom. The van der Waals surface area contributed by atoms with Gasteiger partial charge in [-0.15, -0.1) is 11.3 Å². The number of aryl methyl sites for hydroxylation is 2. The summed E-state index contributed by atoms with van der Waals surface area (Å²) < 4.78 is 10.9. The highest BCUT2D eigenvalue weighted by atomic mass is 32.1. The molecule has 0 atom stereocenters. The largest absolute Gasteiger partial charge is 0.454 e. The van der Waals surface area contributed by atoms with Crippen LogP contribution < -0.4 is 14.8 Å². The monoisotopic (exact) mass is 276 g/mol. The van der Waals surface area contributed by atoms with E-state index in [0.29, 0.717) is 6.79 Å². The summed E-state index contributed by atoms with van der Waals surface area (Å²) in [5.41, 5.74) is 2.25. The van der Waals surface area contributed by atoms with Crippen LogP contribution >= 0.6 is 11.3 Å². The molecule has 19 heavy (non-hydrogen) atoms. The number of hydrogen-bond donors (Lipinski definition) is 1. The van der Waals surface area contributed by atoms with Gasteiger partial charge < -0.3 is 14.8 Å². The Hall–Kier alpha value is -1.59. The van der Waals surface area contributed by atoms with Crippen molar-refractivity contribution in [3.05, 3.63) is 39.3 Å². The molecule has 100 valence electrons. The molecule has 0 bridgehead atoms. The van der Waals surface area contributed by atoms with Crippen molar-refractivity contribution in [1.82, 2.24) is 10.3 Å². The Morgan fingerprint density at radius 2 is 2.16 bits per heavy atom. The second kappa shape index (κ2) is 5.19. The van der Waals surface area contributed by atoms with Crippen LogP contribution in [0.15, 0.2) is 18.2 Å². The highest BCUT2D eigenvalue weighted by molar-refractivity contribution is 7.11. The predicted molar refractivity (Wildman–Crippen MR) is 74.7 cm³/mol. The van der Waals surface area contributed by atoms with Gasteiger partial charge in [-0.1, -0.05) is 12.1 Å². The highest BCUT2D eigenvalue weighted by Gasteiger charge is 2.16. The number of aromatic nitrogens is 1. The Morgan fingerprint density at radius 1 is 1.26 bits per heavy atom. The topological polar surface area (TPSA) is 43.4 Å². The molecule has 0 spiro atoms. The van der Waals surface area contributed by atoms with E-state index >= 15 is 0 Å². The molecular formula is C14H16N2O2S. The Labute approximate surface area is 116 Å². The molecule has 4 nitrogen and oxygen atoms in total. The van der Waals surface area contributed by atoms with Gasteiger partial charge in [0.25, 0.3) is 0 Å². The molecule has 0 saturated carbocycles. The van der Waals surface area contributed by atoms with Crippen molar-refractivity contribution in [1.29, 1.82) is 0 Å². The molecule has 1 N–H and O–H groups in total. The predicted octanol–water partition coefficient (Wildman–Crippen LogP) is 2.78. The van der Waals surface area contributed by atoms with E-state index in [4.69, 9.17) is 9.47 Å². The lowest BCUT2D eigenvalue weighted by molar-refractivity contribution is 0.173. The normalized spacial score (nSPS) is 12.9. The van der Waals surface area contributed by atoms with Gasteiger partial charge in [0, 0.05) is 23.5 Å². The van der Waals surface area contributed by atoms with Crippen molar-refractivity contribution in [2.45, 2.75) is 26.9 Å². The molecule has 0 radical (unpaired) electrons. The molecule has 1 aromatic carbocycles. The fourth-order valence-corrected chi connectivity index (χ4v) is 3.08. The standard InChI is InChI=1S/C14H16N2O2S/c1-9-13(19-10(2)16-9)7-15-6-11-4-3-5-12-14(11)18-8-17-12/h3-5,15H,6-8H2,1-2H3. The quantitative estimate of drug-likeness (QED) is 0.932. The van der Waals surface area contributed by atoms with Gasteiger partial charge in [0.2, 0.25) is 6.79 Å². The van der Waals surface area contributed by atoms with E-state index in [0.717, 1.165) is 40.9 Å². The summed E-state index contributed by atoms with van der Waals surface area (Å²) in [6, 6.07) is 5.99. The fourth-order valence-electron chi connectivity index (χ4n) is 2.18. The van der Waals surface area contributed by atoms with Crippen LogP contribution in [0.1, 0.15) is 21.1 Å². The molecular weight excluding hydrogens is 260 g/mol. The molecule has 2 heterocycles. The number of ether oxygens (including phenoxy) is 2. The first-order valence-corrected chi connectivity index (χ1v) is 7.07. The number of nitrogens with one attached hydrogen (secondary N) is 1. The third kappa shape index (κ3) is 2.57.